The van der Waals surface area contributed by atoms with Gasteiger partial charge in [-0.15, -0.1) is 0 Å². The van der Waals surface area contributed by atoms with Crippen molar-refractivity contribution in [2.24, 2.45) is 4.99 Å². The first-order valence-electron chi connectivity index (χ1n) is 9.99. The Balaban J connectivity index is 1.89. The van der Waals surface area contributed by atoms with Crippen LogP contribution in [0.15, 0.2) is 40.5 Å². The predicted molar refractivity (Wildman–Crippen MR) is 118 cm³/mol. The topological polar surface area (TPSA) is 75.2 Å². The van der Waals surface area contributed by atoms with Crippen LogP contribution in [-0.4, -0.2) is 61.9 Å². The number of amidine groups is 1. The minimum absolute atomic E-state index is 0.190. The molecular formula is C21H28ClF3N4O3. The number of halogens is 4. The SMILES string of the molecule is CN=C(N/C(Cl)=C\CNc1ccc([C@@H]2CN(C(=O)OC(C)(C)C)CCO2)cc1)C(F)(F)F. The van der Waals surface area contributed by atoms with Crippen molar-refractivity contribution in [2.45, 2.75) is 38.7 Å². The molecule has 0 unspecified atom stereocenters. The van der Waals surface area contributed by atoms with Crippen LogP contribution in [0.5, 0.6) is 0 Å². The molecule has 0 aromatic heterocycles. The average Bonchev–Trinajstić information content (AvgIpc) is 2.70. The van der Waals surface area contributed by atoms with E-state index in [1.807, 2.05) is 50.4 Å². The number of hydrogen-bond donors (Lipinski definition) is 2. The lowest BCUT2D eigenvalue weighted by atomic mass is 10.1. The highest BCUT2D eigenvalue weighted by molar-refractivity contribution is 6.30. The molecule has 1 aliphatic rings. The van der Waals surface area contributed by atoms with E-state index < -0.39 is 17.6 Å². The summed E-state index contributed by atoms with van der Waals surface area (Å²) in [7, 11) is 1.03. The van der Waals surface area contributed by atoms with E-state index in [-0.39, 0.29) is 23.9 Å². The summed E-state index contributed by atoms with van der Waals surface area (Å²) < 4.78 is 49.2. The number of hydrogen-bond acceptors (Lipinski definition) is 5. The number of benzene rings is 1. The number of nitrogens with zero attached hydrogens (tertiary/aromatic N) is 2. The Hall–Kier alpha value is -2.46. The van der Waals surface area contributed by atoms with Gasteiger partial charge in [0.2, 0.25) is 5.84 Å². The highest BCUT2D eigenvalue weighted by Gasteiger charge is 2.35. The second-order valence-electron chi connectivity index (χ2n) is 8.04. The molecule has 0 aliphatic carbocycles. The second-order valence-corrected chi connectivity index (χ2v) is 8.44. The number of anilines is 1. The van der Waals surface area contributed by atoms with Crippen molar-refractivity contribution in [3.63, 3.8) is 0 Å². The molecule has 2 rings (SSSR count). The van der Waals surface area contributed by atoms with Crippen LogP contribution in [0, 0.1) is 0 Å². The molecule has 0 saturated carbocycles. The molecule has 1 amide bonds. The molecule has 1 aliphatic heterocycles. The van der Waals surface area contributed by atoms with E-state index in [0.717, 1.165) is 18.3 Å². The normalized spacial score (nSPS) is 18.4. The summed E-state index contributed by atoms with van der Waals surface area (Å²) >= 11 is 5.80. The lowest BCUT2D eigenvalue weighted by Crippen LogP contribution is -2.44. The first-order valence-corrected chi connectivity index (χ1v) is 10.4. The van der Waals surface area contributed by atoms with Crippen LogP contribution < -0.4 is 10.6 Å². The molecule has 1 atom stereocenters. The summed E-state index contributed by atoms with van der Waals surface area (Å²) in [6.45, 7) is 6.91. The molecule has 1 saturated heterocycles. The number of ether oxygens (including phenoxy) is 2. The van der Waals surface area contributed by atoms with E-state index >= 15 is 0 Å². The fourth-order valence-corrected chi connectivity index (χ4v) is 3.00. The third-order valence-corrected chi connectivity index (χ3v) is 4.57. The maximum Gasteiger partial charge on any atom is 0.449 e. The van der Waals surface area contributed by atoms with Gasteiger partial charge in [-0.25, -0.2) is 4.79 Å². The fourth-order valence-electron chi connectivity index (χ4n) is 2.84. The molecule has 2 N–H and O–H groups in total. The predicted octanol–water partition coefficient (Wildman–Crippen LogP) is 4.67. The van der Waals surface area contributed by atoms with Gasteiger partial charge in [0.25, 0.3) is 0 Å². The molecule has 0 radical (unpaired) electrons. The monoisotopic (exact) mass is 476 g/mol. The Labute approximate surface area is 190 Å². The van der Waals surface area contributed by atoms with Gasteiger partial charge in [-0.2, -0.15) is 13.2 Å². The highest BCUT2D eigenvalue weighted by Crippen LogP contribution is 2.25. The van der Waals surface area contributed by atoms with Gasteiger partial charge in [-0.1, -0.05) is 23.7 Å². The first kappa shape index (κ1) is 25.8. The summed E-state index contributed by atoms with van der Waals surface area (Å²) in [5, 5.41) is 4.88. The quantitative estimate of drug-likeness (QED) is 0.367. The summed E-state index contributed by atoms with van der Waals surface area (Å²) in [5.41, 5.74) is 1.07. The second kappa shape index (κ2) is 10.9. The van der Waals surface area contributed by atoms with E-state index in [0.29, 0.717) is 19.7 Å². The summed E-state index contributed by atoms with van der Waals surface area (Å²) in [5.74, 6) is -1.17. The van der Waals surface area contributed by atoms with Gasteiger partial charge in [0.1, 0.15) is 16.9 Å². The zero-order valence-corrected chi connectivity index (χ0v) is 19.2. The van der Waals surface area contributed by atoms with Gasteiger partial charge >= 0.3 is 12.3 Å². The Kier molecular flexibility index (Phi) is 8.80. The Bertz CT molecular complexity index is 836. The van der Waals surface area contributed by atoms with Gasteiger partial charge in [0.15, 0.2) is 0 Å². The Morgan fingerprint density at radius 2 is 1.97 bits per heavy atom. The third kappa shape index (κ3) is 8.23. The third-order valence-electron chi connectivity index (χ3n) is 4.32. The van der Waals surface area contributed by atoms with Crippen LogP contribution in [0.1, 0.15) is 32.4 Å². The summed E-state index contributed by atoms with van der Waals surface area (Å²) in [4.78, 5) is 17.1. The number of carbonyl (C=O) groups excluding carboxylic acids is 1. The number of alkyl halides is 3. The van der Waals surface area contributed by atoms with E-state index in [1.54, 1.807) is 4.90 Å². The number of rotatable bonds is 5. The van der Waals surface area contributed by atoms with Crippen LogP contribution in [0.25, 0.3) is 0 Å². The maximum absolute atomic E-state index is 12.7. The molecule has 0 bridgehead atoms. The molecule has 1 heterocycles. The van der Waals surface area contributed by atoms with Gasteiger partial charge in [-0.05, 0) is 44.5 Å². The average molecular weight is 477 g/mol. The smallest absolute Gasteiger partial charge is 0.444 e. The molecule has 11 heteroatoms. The number of morpholine rings is 1. The lowest BCUT2D eigenvalue weighted by Gasteiger charge is -2.34. The Morgan fingerprint density at radius 1 is 1.31 bits per heavy atom. The summed E-state index contributed by atoms with van der Waals surface area (Å²) in [6, 6.07) is 7.35. The van der Waals surface area contributed by atoms with E-state index in [4.69, 9.17) is 21.1 Å². The largest absolute Gasteiger partial charge is 0.449 e. The van der Waals surface area contributed by atoms with Crippen molar-refractivity contribution in [3.8, 4) is 0 Å². The van der Waals surface area contributed by atoms with Crippen molar-refractivity contribution in [1.29, 1.82) is 0 Å². The molecule has 1 aromatic carbocycles. The fraction of sp³-hybridized carbons (Fsp3) is 0.524. The number of carbonyl (C=O) groups is 1. The van der Waals surface area contributed by atoms with Crippen molar-refractivity contribution >= 4 is 29.2 Å². The van der Waals surface area contributed by atoms with Gasteiger partial charge in [0.05, 0.1) is 13.2 Å². The van der Waals surface area contributed by atoms with Crippen LogP contribution in [0.3, 0.4) is 0 Å². The minimum Gasteiger partial charge on any atom is -0.444 e. The van der Waals surface area contributed by atoms with Crippen LogP contribution >= 0.6 is 11.6 Å². The van der Waals surface area contributed by atoms with Crippen molar-refractivity contribution in [3.05, 3.63) is 41.1 Å². The van der Waals surface area contributed by atoms with Crippen molar-refractivity contribution in [2.75, 3.05) is 38.6 Å². The molecule has 1 fully saturated rings. The summed E-state index contributed by atoms with van der Waals surface area (Å²) in [6.07, 6.45) is -3.89. The Morgan fingerprint density at radius 3 is 2.53 bits per heavy atom. The zero-order valence-electron chi connectivity index (χ0n) is 18.4. The first-order chi connectivity index (χ1) is 14.9. The van der Waals surface area contributed by atoms with Gasteiger partial charge in [0, 0.05) is 25.8 Å². The van der Waals surface area contributed by atoms with E-state index in [9.17, 15) is 18.0 Å². The minimum atomic E-state index is -4.60. The molecular weight excluding hydrogens is 449 g/mol. The number of amides is 1. The van der Waals surface area contributed by atoms with Crippen LogP contribution in [0.2, 0.25) is 0 Å². The molecule has 32 heavy (non-hydrogen) atoms. The number of nitrogens with one attached hydrogen (secondary N) is 2. The molecule has 178 valence electrons. The van der Waals surface area contributed by atoms with E-state index in [1.165, 1.54) is 6.08 Å². The molecule has 0 spiro atoms. The van der Waals surface area contributed by atoms with Gasteiger partial charge in [-0.3, -0.25) is 4.99 Å². The lowest BCUT2D eigenvalue weighted by molar-refractivity contribution is -0.0613. The molecule has 7 nitrogen and oxygen atoms in total. The van der Waals surface area contributed by atoms with E-state index in [2.05, 4.69) is 10.3 Å². The van der Waals surface area contributed by atoms with Crippen LogP contribution in [-0.2, 0) is 9.47 Å². The zero-order chi connectivity index (χ0) is 23.9. The number of aliphatic imine (C=N–C) groups is 1. The van der Waals surface area contributed by atoms with Crippen LogP contribution in [0.4, 0.5) is 23.7 Å². The van der Waals surface area contributed by atoms with Crippen molar-refractivity contribution in [1.82, 2.24) is 10.2 Å². The molecule has 1 aromatic rings. The highest BCUT2D eigenvalue weighted by atomic mass is 35.5. The van der Waals surface area contributed by atoms with Crippen molar-refractivity contribution < 1.29 is 27.4 Å². The maximum atomic E-state index is 12.7. The standard InChI is InChI=1S/C21H28ClF3N4O3/c1-20(2,3)32-19(30)29-11-12-31-16(13-29)14-5-7-15(8-6-14)27-10-9-17(22)28-18(26-4)21(23,24)25/h5-9,16,27H,10-13H2,1-4H3,(H,26,28)/b17-9-/t16-/m0/s1. The van der Waals surface area contributed by atoms with Gasteiger partial charge < -0.3 is 25.0 Å².